The Balaban J connectivity index is 2.87. The predicted molar refractivity (Wildman–Crippen MR) is 34.1 cm³/mol. The second kappa shape index (κ2) is 1.87. The van der Waals surface area contributed by atoms with Gasteiger partial charge in [-0.25, -0.2) is 0 Å². The van der Waals surface area contributed by atoms with Crippen LogP contribution in [0.5, 0.6) is 0 Å². The summed E-state index contributed by atoms with van der Waals surface area (Å²) in [6.07, 6.45) is 0.532. The first-order valence-corrected chi connectivity index (χ1v) is 3.06. The highest BCUT2D eigenvalue weighted by Crippen LogP contribution is 2.24. The first-order chi connectivity index (χ1) is 4.13. The zero-order chi connectivity index (χ0) is 7.02. The molecular weight excluding hydrogens is 116 g/mol. The Hall–Kier alpha value is -0.790. The number of ketones is 1. The van der Waals surface area contributed by atoms with Crippen LogP contribution in [0.3, 0.4) is 0 Å². The number of carbonyl (C=O) groups is 1. The molecule has 1 aliphatic rings. The van der Waals surface area contributed by atoms with Crippen LogP contribution in [0.2, 0.25) is 0 Å². The molecule has 2 heteroatoms. The van der Waals surface area contributed by atoms with E-state index < -0.39 is 0 Å². The van der Waals surface area contributed by atoms with Crippen LogP contribution in [0, 0.1) is 5.92 Å². The molecule has 0 spiro atoms. The molecule has 0 radical (unpaired) electrons. The minimum atomic E-state index is 0.00463. The van der Waals surface area contributed by atoms with Gasteiger partial charge in [0.25, 0.3) is 0 Å². The van der Waals surface area contributed by atoms with Crippen LogP contribution in [-0.2, 0) is 4.79 Å². The summed E-state index contributed by atoms with van der Waals surface area (Å²) in [5.74, 6) is 0.366. The van der Waals surface area contributed by atoms with Crippen molar-refractivity contribution in [2.24, 2.45) is 5.92 Å². The van der Waals surface area contributed by atoms with E-state index in [2.05, 4.69) is 0 Å². The summed E-state index contributed by atoms with van der Waals surface area (Å²) in [6, 6.07) is 0. The molecule has 0 amide bonds. The average Bonchev–Trinajstić information content (AvgIpc) is 1.98. The molecule has 0 aromatic rings. The lowest BCUT2D eigenvalue weighted by Crippen LogP contribution is -2.03. The van der Waals surface area contributed by atoms with Crippen LogP contribution < -0.4 is 0 Å². The SMILES string of the molecule is CC1=C(O)CC(C)C1=O. The van der Waals surface area contributed by atoms with Crippen molar-refractivity contribution in [1.29, 1.82) is 0 Å². The van der Waals surface area contributed by atoms with E-state index in [9.17, 15) is 4.79 Å². The maximum absolute atomic E-state index is 10.9. The molecule has 0 aromatic heterocycles. The van der Waals surface area contributed by atoms with E-state index in [0.717, 1.165) is 0 Å². The molecule has 1 aliphatic carbocycles. The van der Waals surface area contributed by atoms with Crippen LogP contribution in [0.4, 0.5) is 0 Å². The van der Waals surface area contributed by atoms with Gasteiger partial charge in [-0.1, -0.05) is 6.92 Å². The van der Waals surface area contributed by atoms with Crippen LogP contribution in [0.15, 0.2) is 11.3 Å². The van der Waals surface area contributed by atoms with E-state index in [1.54, 1.807) is 6.92 Å². The van der Waals surface area contributed by atoms with Gasteiger partial charge in [0, 0.05) is 17.9 Å². The summed E-state index contributed by atoms with van der Waals surface area (Å²) in [7, 11) is 0. The van der Waals surface area contributed by atoms with Crippen molar-refractivity contribution in [2.75, 3.05) is 0 Å². The van der Waals surface area contributed by atoms with Crippen LogP contribution in [0.1, 0.15) is 20.3 Å². The van der Waals surface area contributed by atoms with Crippen molar-refractivity contribution in [3.63, 3.8) is 0 Å². The summed E-state index contributed by atoms with van der Waals surface area (Å²) >= 11 is 0. The average molecular weight is 126 g/mol. The maximum Gasteiger partial charge on any atom is 0.165 e. The molecule has 1 unspecified atom stereocenters. The third kappa shape index (κ3) is 0.846. The second-order valence-electron chi connectivity index (χ2n) is 2.54. The van der Waals surface area contributed by atoms with E-state index in [-0.39, 0.29) is 17.5 Å². The molecule has 50 valence electrons. The number of allylic oxidation sites excluding steroid dienone is 2. The molecule has 0 aliphatic heterocycles. The van der Waals surface area contributed by atoms with E-state index in [4.69, 9.17) is 5.11 Å². The minimum absolute atomic E-state index is 0.00463. The predicted octanol–water partition coefficient (Wildman–Crippen LogP) is 1.43. The van der Waals surface area contributed by atoms with Crippen molar-refractivity contribution in [3.05, 3.63) is 11.3 Å². The largest absolute Gasteiger partial charge is 0.512 e. The van der Waals surface area contributed by atoms with Crippen LogP contribution >= 0.6 is 0 Å². The zero-order valence-electron chi connectivity index (χ0n) is 5.64. The first-order valence-electron chi connectivity index (χ1n) is 3.06. The molecular formula is C7H10O2. The lowest BCUT2D eigenvalue weighted by atomic mass is 10.1. The quantitative estimate of drug-likeness (QED) is 0.533. The normalized spacial score (nSPS) is 27.8. The molecule has 0 aromatic carbocycles. The van der Waals surface area contributed by atoms with Crippen molar-refractivity contribution >= 4 is 5.78 Å². The van der Waals surface area contributed by atoms with Crippen molar-refractivity contribution < 1.29 is 9.90 Å². The van der Waals surface area contributed by atoms with E-state index in [1.165, 1.54) is 0 Å². The number of hydrogen-bond acceptors (Lipinski definition) is 2. The summed E-state index contributed by atoms with van der Waals surface area (Å²) in [5, 5.41) is 9.00. The Morgan fingerprint density at radius 2 is 2.22 bits per heavy atom. The Bertz CT molecular complexity index is 179. The maximum atomic E-state index is 10.9. The smallest absolute Gasteiger partial charge is 0.165 e. The Labute approximate surface area is 54.2 Å². The van der Waals surface area contributed by atoms with Gasteiger partial charge in [-0.15, -0.1) is 0 Å². The number of Topliss-reactive ketones (excluding diaryl/α,β-unsaturated/α-hetero) is 1. The number of aliphatic hydroxyl groups excluding tert-OH is 1. The highest BCUT2D eigenvalue weighted by atomic mass is 16.3. The second-order valence-corrected chi connectivity index (χ2v) is 2.54. The highest BCUT2D eigenvalue weighted by molar-refractivity contribution is 5.99. The summed E-state index contributed by atoms with van der Waals surface area (Å²) in [5.41, 5.74) is 0.544. The van der Waals surface area contributed by atoms with Crippen molar-refractivity contribution in [3.8, 4) is 0 Å². The topological polar surface area (TPSA) is 37.3 Å². The Morgan fingerprint density at radius 3 is 2.33 bits per heavy atom. The summed E-state index contributed by atoms with van der Waals surface area (Å²) < 4.78 is 0. The first kappa shape index (κ1) is 6.33. The molecule has 0 saturated heterocycles. The summed E-state index contributed by atoms with van der Waals surface area (Å²) in [6.45, 7) is 3.50. The molecule has 0 saturated carbocycles. The Kier molecular flexibility index (Phi) is 1.31. The molecule has 2 nitrogen and oxygen atoms in total. The van der Waals surface area contributed by atoms with E-state index in [0.29, 0.717) is 12.0 Å². The third-order valence-corrected chi connectivity index (χ3v) is 1.75. The van der Waals surface area contributed by atoms with E-state index >= 15 is 0 Å². The van der Waals surface area contributed by atoms with Crippen molar-refractivity contribution in [2.45, 2.75) is 20.3 Å². The lowest BCUT2D eigenvalue weighted by Gasteiger charge is -1.94. The number of aliphatic hydroxyl groups is 1. The molecule has 1 atom stereocenters. The van der Waals surface area contributed by atoms with Gasteiger partial charge < -0.3 is 5.11 Å². The van der Waals surface area contributed by atoms with Crippen LogP contribution in [0.25, 0.3) is 0 Å². The molecule has 1 N–H and O–H groups in total. The minimum Gasteiger partial charge on any atom is -0.512 e. The Morgan fingerprint density at radius 1 is 1.67 bits per heavy atom. The molecule has 0 bridgehead atoms. The lowest BCUT2D eigenvalue weighted by molar-refractivity contribution is -0.117. The van der Waals surface area contributed by atoms with Gasteiger partial charge >= 0.3 is 0 Å². The standard InChI is InChI=1S/C7H10O2/c1-4-3-6(8)5(2)7(4)9/h4,8H,3H2,1-2H3. The van der Waals surface area contributed by atoms with Gasteiger partial charge in [-0.3, -0.25) is 4.79 Å². The molecule has 9 heavy (non-hydrogen) atoms. The monoisotopic (exact) mass is 126 g/mol. The van der Waals surface area contributed by atoms with E-state index in [1.807, 2.05) is 6.92 Å². The van der Waals surface area contributed by atoms with Gasteiger partial charge in [-0.05, 0) is 6.92 Å². The highest BCUT2D eigenvalue weighted by Gasteiger charge is 2.25. The van der Waals surface area contributed by atoms with Gasteiger partial charge in [0.2, 0.25) is 0 Å². The fraction of sp³-hybridized carbons (Fsp3) is 0.571. The number of rotatable bonds is 0. The van der Waals surface area contributed by atoms with Gasteiger partial charge in [0.1, 0.15) is 0 Å². The zero-order valence-corrected chi connectivity index (χ0v) is 5.64. The van der Waals surface area contributed by atoms with Crippen LogP contribution in [-0.4, -0.2) is 10.9 Å². The fourth-order valence-electron chi connectivity index (χ4n) is 1.05. The third-order valence-electron chi connectivity index (χ3n) is 1.75. The van der Waals surface area contributed by atoms with Gasteiger partial charge in [0.05, 0.1) is 5.76 Å². The molecule has 1 rings (SSSR count). The van der Waals surface area contributed by atoms with Crippen molar-refractivity contribution in [1.82, 2.24) is 0 Å². The van der Waals surface area contributed by atoms with Gasteiger partial charge in [-0.2, -0.15) is 0 Å². The van der Waals surface area contributed by atoms with Gasteiger partial charge in [0.15, 0.2) is 5.78 Å². The number of carbonyl (C=O) groups excluding carboxylic acids is 1. The molecule has 0 heterocycles. The summed E-state index contributed by atoms with van der Waals surface area (Å²) in [4.78, 5) is 10.9. The molecule has 0 fully saturated rings. The number of hydrogen-bond donors (Lipinski definition) is 1. The fourth-order valence-corrected chi connectivity index (χ4v) is 1.05.